The summed E-state index contributed by atoms with van der Waals surface area (Å²) in [4.78, 5) is 8.48. The van der Waals surface area contributed by atoms with Crippen LogP contribution >= 0.6 is 0 Å². The second kappa shape index (κ2) is 7.11. The fraction of sp³-hybridized carbons (Fsp3) is 0.412. The van der Waals surface area contributed by atoms with Gasteiger partial charge in [0.05, 0.1) is 7.11 Å². The molecule has 0 aliphatic heterocycles. The van der Waals surface area contributed by atoms with Crippen LogP contribution in [0.5, 0.6) is 5.75 Å². The Morgan fingerprint density at radius 1 is 1.09 bits per heavy atom. The Morgan fingerprint density at radius 3 is 2.59 bits per heavy atom. The Kier molecular flexibility index (Phi) is 5.20. The van der Waals surface area contributed by atoms with Gasteiger partial charge in [0, 0.05) is 18.2 Å². The predicted octanol–water partition coefficient (Wildman–Crippen LogP) is 3.35. The van der Waals surface area contributed by atoms with Crippen LogP contribution in [0.25, 0.3) is 0 Å². The van der Waals surface area contributed by atoms with Crippen molar-refractivity contribution >= 4 is 11.6 Å². The lowest BCUT2D eigenvalue weighted by atomic mass is 10.1. The number of hydrogen-bond donors (Lipinski definition) is 2. The first-order chi connectivity index (χ1) is 10.5. The van der Waals surface area contributed by atoms with E-state index in [1.807, 2.05) is 24.3 Å². The molecule has 0 spiro atoms. The van der Waals surface area contributed by atoms with E-state index >= 15 is 0 Å². The zero-order chi connectivity index (χ0) is 16.0. The summed E-state index contributed by atoms with van der Waals surface area (Å²) in [6.07, 6.45) is 2.48. The van der Waals surface area contributed by atoms with Gasteiger partial charge in [-0.1, -0.05) is 12.1 Å². The van der Waals surface area contributed by atoms with Crippen molar-refractivity contribution in [3.63, 3.8) is 0 Å². The first kappa shape index (κ1) is 16.1. The van der Waals surface area contributed by atoms with Crippen molar-refractivity contribution in [2.45, 2.75) is 32.7 Å². The summed E-state index contributed by atoms with van der Waals surface area (Å²) in [6.45, 7) is 7.11. The maximum absolute atomic E-state index is 5.23. The van der Waals surface area contributed by atoms with Gasteiger partial charge in [-0.25, -0.2) is 9.97 Å². The van der Waals surface area contributed by atoms with Crippen molar-refractivity contribution in [1.29, 1.82) is 0 Å². The fourth-order valence-electron chi connectivity index (χ4n) is 2.07. The second-order valence-corrected chi connectivity index (χ2v) is 6.19. The van der Waals surface area contributed by atoms with Crippen molar-refractivity contribution in [1.82, 2.24) is 9.97 Å². The van der Waals surface area contributed by atoms with E-state index in [1.165, 1.54) is 5.56 Å². The minimum atomic E-state index is -0.0216. The number of ether oxygens (including phenoxy) is 1. The number of methoxy groups -OCH3 is 1. The minimum absolute atomic E-state index is 0.0216. The second-order valence-electron chi connectivity index (χ2n) is 6.19. The van der Waals surface area contributed by atoms with Gasteiger partial charge in [-0.3, -0.25) is 0 Å². The molecule has 0 amide bonds. The van der Waals surface area contributed by atoms with E-state index in [0.717, 1.165) is 30.4 Å². The summed E-state index contributed by atoms with van der Waals surface area (Å²) < 4.78 is 5.23. The highest BCUT2D eigenvalue weighted by molar-refractivity contribution is 5.47. The van der Waals surface area contributed by atoms with Crippen LogP contribution in [0.3, 0.4) is 0 Å². The monoisotopic (exact) mass is 300 g/mol. The first-order valence-electron chi connectivity index (χ1n) is 7.43. The van der Waals surface area contributed by atoms with E-state index in [4.69, 9.17) is 4.74 Å². The number of nitrogens with one attached hydrogen (secondary N) is 2. The topological polar surface area (TPSA) is 59.1 Å². The Hall–Kier alpha value is -2.30. The largest absolute Gasteiger partial charge is 0.497 e. The average molecular weight is 300 g/mol. The number of anilines is 2. The van der Waals surface area contributed by atoms with Gasteiger partial charge in [-0.15, -0.1) is 0 Å². The third kappa shape index (κ3) is 5.24. The number of hydrogen-bond acceptors (Lipinski definition) is 5. The summed E-state index contributed by atoms with van der Waals surface area (Å²) in [5.74, 6) is 2.53. The lowest BCUT2D eigenvalue weighted by molar-refractivity contribution is 0.414. The van der Waals surface area contributed by atoms with E-state index in [0.29, 0.717) is 0 Å². The number of rotatable bonds is 6. The van der Waals surface area contributed by atoms with E-state index in [2.05, 4.69) is 47.4 Å². The SMILES string of the molecule is COc1cccc(CCNc2cc(NC(C)(C)C)ncn2)c1. The molecular weight excluding hydrogens is 276 g/mol. The van der Waals surface area contributed by atoms with Gasteiger partial charge in [0.2, 0.25) is 0 Å². The van der Waals surface area contributed by atoms with E-state index in [9.17, 15) is 0 Å². The van der Waals surface area contributed by atoms with Crippen molar-refractivity contribution in [3.8, 4) is 5.75 Å². The molecular formula is C17H24N4O. The van der Waals surface area contributed by atoms with Gasteiger partial charge >= 0.3 is 0 Å². The van der Waals surface area contributed by atoms with Gasteiger partial charge in [0.1, 0.15) is 23.7 Å². The highest BCUT2D eigenvalue weighted by Crippen LogP contribution is 2.15. The van der Waals surface area contributed by atoms with E-state index in [1.54, 1.807) is 13.4 Å². The Bertz CT molecular complexity index is 608. The van der Waals surface area contributed by atoms with Gasteiger partial charge in [0.25, 0.3) is 0 Å². The predicted molar refractivity (Wildman–Crippen MR) is 90.6 cm³/mol. The molecule has 0 radical (unpaired) electrons. The third-order valence-corrected chi connectivity index (χ3v) is 3.02. The fourth-order valence-corrected chi connectivity index (χ4v) is 2.07. The van der Waals surface area contributed by atoms with Crippen LogP contribution in [0, 0.1) is 0 Å². The third-order valence-electron chi connectivity index (χ3n) is 3.02. The first-order valence-corrected chi connectivity index (χ1v) is 7.43. The molecule has 0 saturated heterocycles. The van der Waals surface area contributed by atoms with Crippen molar-refractivity contribution < 1.29 is 4.74 Å². The summed E-state index contributed by atoms with van der Waals surface area (Å²) in [6, 6.07) is 10.0. The van der Waals surface area contributed by atoms with Gasteiger partial charge in [-0.2, -0.15) is 0 Å². The quantitative estimate of drug-likeness (QED) is 0.856. The maximum Gasteiger partial charge on any atom is 0.131 e. The number of benzene rings is 1. The lowest BCUT2D eigenvalue weighted by Crippen LogP contribution is -2.26. The molecule has 0 unspecified atom stereocenters. The zero-order valence-electron chi connectivity index (χ0n) is 13.7. The smallest absolute Gasteiger partial charge is 0.131 e. The molecule has 0 atom stereocenters. The van der Waals surface area contributed by atoms with Crippen molar-refractivity contribution in [2.24, 2.45) is 0 Å². The summed E-state index contributed by atoms with van der Waals surface area (Å²) in [5, 5.41) is 6.66. The Labute approximate surface area is 132 Å². The molecule has 0 fully saturated rings. The normalized spacial score (nSPS) is 11.1. The minimum Gasteiger partial charge on any atom is -0.497 e. The van der Waals surface area contributed by atoms with Crippen LogP contribution in [0.1, 0.15) is 26.3 Å². The Balaban J connectivity index is 1.90. The molecule has 2 aromatic rings. The molecule has 5 nitrogen and oxygen atoms in total. The van der Waals surface area contributed by atoms with Gasteiger partial charge in [-0.05, 0) is 44.9 Å². The highest BCUT2D eigenvalue weighted by atomic mass is 16.5. The van der Waals surface area contributed by atoms with Crippen LogP contribution in [-0.2, 0) is 6.42 Å². The van der Waals surface area contributed by atoms with Crippen LogP contribution in [0.2, 0.25) is 0 Å². The molecule has 0 aliphatic carbocycles. The van der Waals surface area contributed by atoms with Gasteiger partial charge < -0.3 is 15.4 Å². The summed E-state index contributed by atoms with van der Waals surface area (Å²) in [5.41, 5.74) is 1.21. The number of nitrogens with zero attached hydrogens (tertiary/aromatic N) is 2. The van der Waals surface area contributed by atoms with Crippen LogP contribution in [-0.4, -0.2) is 29.2 Å². The summed E-state index contributed by atoms with van der Waals surface area (Å²) in [7, 11) is 1.68. The number of aromatic nitrogens is 2. The molecule has 2 N–H and O–H groups in total. The molecule has 0 saturated carbocycles. The van der Waals surface area contributed by atoms with Crippen LogP contribution < -0.4 is 15.4 Å². The maximum atomic E-state index is 5.23. The van der Waals surface area contributed by atoms with Gasteiger partial charge in [0.15, 0.2) is 0 Å². The lowest BCUT2D eigenvalue weighted by Gasteiger charge is -2.21. The van der Waals surface area contributed by atoms with Crippen molar-refractivity contribution in [2.75, 3.05) is 24.3 Å². The van der Waals surface area contributed by atoms with Crippen LogP contribution in [0.15, 0.2) is 36.7 Å². The molecule has 0 bridgehead atoms. The molecule has 22 heavy (non-hydrogen) atoms. The van der Waals surface area contributed by atoms with Crippen LogP contribution in [0.4, 0.5) is 11.6 Å². The molecule has 1 heterocycles. The molecule has 118 valence electrons. The molecule has 5 heteroatoms. The molecule has 2 rings (SSSR count). The van der Waals surface area contributed by atoms with E-state index in [-0.39, 0.29) is 5.54 Å². The zero-order valence-corrected chi connectivity index (χ0v) is 13.7. The highest BCUT2D eigenvalue weighted by Gasteiger charge is 2.10. The molecule has 0 aliphatic rings. The van der Waals surface area contributed by atoms with Crippen molar-refractivity contribution in [3.05, 3.63) is 42.2 Å². The molecule has 1 aromatic heterocycles. The Morgan fingerprint density at radius 2 is 1.86 bits per heavy atom. The standard InChI is InChI=1S/C17H24N4O/c1-17(2,3)21-16-11-15(19-12-20-16)18-9-8-13-6-5-7-14(10-13)22-4/h5-7,10-12H,8-9H2,1-4H3,(H2,18,19,20,21). The summed E-state index contributed by atoms with van der Waals surface area (Å²) >= 11 is 0. The average Bonchev–Trinajstić information content (AvgIpc) is 2.46. The molecule has 1 aromatic carbocycles. The van der Waals surface area contributed by atoms with E-state index < -0.39 is 0 Å².